The zero-order chi connectivity index (χ0) is 25.8. The van der Waals surface area contributed by atoms with Crippen LogP contribution in [0.4, 0.5) is 0 Å². The van der Waals surface area contributed by atoms with Gasteiger partial charge in [-0.3, -0.25) is 9.59 Å². The molecule has 0 radical (unpaired) electrons. The molecule has 0 aromatic heterocycles. The van der Waals surface area contributed by atoms with E-state index in [4.69, 9.17) is 0 Å². The third-order valence-corrected chi connectivity index (χ3v) is 6.72. The molecule has 2 atom stereocenters. The number of carboxylic acids is 1. The van der Waals surface area contributed by atoms with Gasteiger partial charge in [-0.25, -0.2) is 0 Å². The van der Waals surface area contributed by atoms with Crippen molar-refractivity contribution in [3.8, 4) is 11.1 Å². The van der Waals surface area contributed by atoms with Crippen molar-refractivity contribution in [1.29, 1.82) is 0 Å². The summed E-state index contributed by atoms with van der Waals surface area (Å²) in [7, 11) is 0. The van der Waals surface area contributed by atoms with Crippen LogP contribution >= 0.6 is 23.5 Å². The number of carbonyl (C=O) groups excluding carboxylic acids is 3. The molecule has 2 aromatic rings. The number of aryl methyl sites for hydroxylation is 1. The number of rotatable bonds is 14. The molecule has 2 amide bonds. The van der Waals surface area contributed by atoms with Crippen molar-refractivity contribution in [3.05, 3.63) is 59.2 Å². The van der Waals surface area contributed by atoms with Crippen LogP contribution in [0.25, 0.3) is 11.1 Å². The molecule has 2 aromatic carbocycles. The van der Waals surface area contributed by atoms with Crippen molar-refractivity contribution >= 4 is 41.3 Å². The normalized spacial score (nSPS) is 11.9. The SMILES string of the molecule is CSCC[C@@H](CO[O-])NC(=O)c1ccc(C(=O)N[C@@H](CCSC)C(=O)[O-])c(-c2ccccc2C)c1.[Li+].[Li+]. The summed E-state index contributed by atoms with van der Waals surface area (Å²) in [6.07, 6.45) is 4.58. The quantitative estimate of drug-likeness (QED) is 0.141. The molecule has 0 aliphatic heterocycles. The third kappa shape index (κ3) is 11.1. The van der Waals surface area contributed by atoms with E-state index in [9.17, 15) is 24.7 Å². The smallest absolute Gasteiger partial charge is 0.723 e. The van der Waals surface area contributed by atoms with E-state index in [1.807, 2.05) is 43.7 Å². The number of hydrogen-bond acceptors (Lipinski definition) is 8. The molecular formula is C25H30Li2N2O6S2. The fraction of sp³-hybridized carbons (Fsp3) is 0.400. The van der Waals surface area contributed by atoms with Crippen LogP contribution in [0, 0.1) is 6.92 Å². The Morgan fingerprint density at radius 2 is 1.57 bits per heavy atom. The number of thioether (sulfide) groups is 2. The minimum atomic E-state index is -1.35. The van der Waals surface area contributed by atoms with Crippen molar-refractivity contribution < 1.29 is 67.4 Å². The van der Waals surface area contributed by atoms with E-state index in [0.29, 0.717) is 23.3 Å². The van der Waals surface area contributed by atoms with Crippen LogP contribution in [0.5, 0.6) is 0 Å². The second-order valence-electron chi connectivity index (χ2n) is 7.94. The number of carbonyl (C=O) groups is 3. The summed E-state index contributed by atoms with van der Waals surface area (Å²) in [6, 6.07) is 10.4. The van der Waals surface area contributed by atoms with Crippen LogP contribution in [0.1, 0.15) is 39.1 Å². The van der Waals surface area contributed by atoms with Gasteiger partial charge in [0.1, 0.15) is 0 Å². The van der Waals surface area contributed by atoms with Gasteiger partial charge in [-0.15, -0.1) is 0 Å². The van der Waals surface area contributed by atoms with E-state index >= 15 is 0 Å². The summed E-state index contributed by atoms with van der Waals surface area (Å²) in [5.74, 6) is -1.02. The van der Waals surface area contributed by atoms with Gasteiger partial charge in [0.15, 0.2) is 0 Å². The number of nitrogens with one attached hydrogen (secondary N) is 2. The first-order valence-corrected chi connectivity index (χ1v) is 13.9. The summed E-state index contributed by atoms with van der Waals surface area (Å²) < 4.78 is 0. The van der Waals surface area contributed by atoms with Gasteiger partial charge in [0, 0.05) is 11.1 Å². The van der Waals surface area contributed by atoms with E-state index in [2.05, 4.69) is 15.5 Å². The topological polar surface area (TPSA) is 131 Å². The fourth-order valence-corrected chi connectivity index (χ4v) is 4.50. The Labute approximate surface area is 250 Å². The summed E-state index contributed by atoms with van der Waals surface area (Å²) in [5, 5.41) is 27.6. The van der Waals surface area contributed by atoms with Crippen molar-refractivity contribution in [2.45, 2.75) is 31.8 Å². The van der Waals surface area contributed by atoms with Gasteiger partial charge in [-0.2, -0.15) is 23.5 Å². The fourth-order valence-electron chi connectivity index (χ4n) is 3.51. The van der Waals surface area contributed by atoms with E-state index in [0.717, 1.165) is 16.9 Å². The molecule has 0 aliphatic carbocycles. The number of aliphatic carboxylic acids is 1. The average Bonchev–Trinajstić information content (AvgIpc) is 2.84. The first-order valence-electron chi connectivity index (χ1n) is 11.1. The Hall–Kier alpha value is -1.34. The second-order valence-corrected chi connectivity index (χ2v) is 9.91. The molecule has 0 unspecified atom stereocenters. The van der Waals surface area contributed by atoms with Gasteiger partial charge in [0.25, 0.3) is 11.8 Å². The van der Waals surface area contributed by atoms with Crippen LogP contribution in [0.2, 0.25) is 0 Å². The summed E-state index contributed by atoms with van der Waals surface area (Å²) in [6.45, 7) is 1.73. The Balaban J connectivity index is 0.00000648. The minimum Gasteiger partial charge on any atom is -0.723 e. The zero-order valence-electron chi connectivity index (χ0n) is 22.0. The van der Waals surface area contributed by atoms with Crippen LogP contribution in [-0.4, -0.2) is 60.5 Å². The zero-order valence-corrected chi connectivity index (χ0v) is 23.6. The first-order chi connectivity index (χ1) is 16.8. The Morgan fingerprint density at radius 1 is 0.919 bits per heavy atom. The monoisotopic (exact) mass is 532 g/mol. The first kappa shape index (κ1) is 35.7. The molecule has 190 valence electrons. The molecule has 0 aliphatic rings. The predicted octanol–water partition coefficient (Wildman–Crippen LogP) is -4.59. The maximum absolute atomic E-state index is 13.1. The molecule has 0 spiro atoms. The van der Waals surface area contributed by atoms with Crippen LogP contribution in [-0.2, 0) is 9.68 Å². The van der Waals surface area contributed by atoms with Gasteiger partial charge < -0.3 is 30.7 Å². The molecule has 37 heavy (non-hydrogen) atoms. The maximum Gasteiger partial charge on any atom is 1.00 e. The molecule has 12 heteroatoms. The van der Waals surface area contributed by atoms with Gasteiger partial charge in [0.05, 0.1) is 24.7 Å². The molecule has 2 N–H and O–H groups in total. The van der Waals surface area contributed by atoms with Crippen molar-refractivity contribution in [1.82, 2.24) is 10.6 Å². The van der Waals surface area contributed by atoms with Gasteiger partial charge in [-0.05, 0) is 78.7 Å². The average molecular weight is 533 g/mol. The molecule has 0 fully saturated rings. The van der Waals surface area contributed by atoms with Crippen molar-refractivity contribution in [2.75, 3.05) is 30.6 Å². The van der Waals surface area contributed by atoms with Crippen LogP contribution in [0.15, 0.2) is 42.5 Å². The number of hydrogen-bond donors (Lipinski definition) is 2. The van der Waals surface area contributed by atoms with E-state index in [-0.39, 0.29) is 56.3 Å². The van der Waals surface area contributed by atoms with Gasteiger partial charge in [-0.1, -0.05) is 24.3 Å². The van der Waals surface area contributed by atoms with Crippen molar-refractivity contribution in [3.63, 3.8) is 0 Å². The van der Waals surface area contributed by atoms with Gasteiger partial charge >= 0.3 is 37.7 Å². The van der Waals surface area contributed by atoms with Crippen molar-refractivity contribution in [2.24, 2.45) is 0 Å². The standard InChI is InChI=1S/C25H32N2O6S2.2Li/c1-16-6-4-5-7-19(16)21-14-17(23(28)26-18(15-33-32)10-12-34-2)8-9-20(21)24(29)27-22(25(30)31)11-13-35-3;;/h4-9,14,18,22,32H,10-13,15H2,1-3H3,(H,26,28)(H,27,29)(H,30,31);;/q;2*+1/p-2/t18-,22-;;/m0../s1. The Morgan fingerprint density at radius 3 is 2.16 bits per heavy atom. The summed E-state index contributed by atoms with van der Waals surface area (Å²) in [5.41, 5.74) is 2.67. The number of benzene rings is 2. The molecule has 8 nitrogen and oxygen atoms in total. The van der Waals surface area contributed by atoms with Gasteiger partial charge in [0.2, 0.25) is 0 Å². The van der Waals surface area contributed by atoms with Crippen LogP contribution in [0.3, 0.4) is 0 Å². The summed E-state index contributed by atoms with van der Waals surface area (Å²) in [4.78, 5) is 41.6. The van der Waals surface area contributed by atoms with Crippen LogP contribution < -0.4 is 58.7 Å². The predicted molar refractivity (Wildman–Crippen MR) is 136 cm³/mol. The molecular weight excluding hydrogens is 502 g/mol. The Bertz CT molecular complexity index is 1030. The molecule has 0 bridgehead atoms. The maximum atomic E-state index is 13.1. The number of carboxylic acid groups (broad SMARTS) is 1. The van der Waals surface area contributed by atoms with E-state index in [1.54, 1.807) is 17.8 Å². The molecule has 0 saturated heterocycles. The third-order valence-electron chi connectivity index (χ3n) is 5.44. The summed E-state index contributed by atoms with van der Waals surface area (Å²) >= 11 is 3.07. The minimum absolute atomic E-state index is 0. The second kappa shape index (κ2) is 18.8. The number of amides is 2. The van der Waals surface area contributed by atoms with E-state index < -0.39 is 29.9 Å². The largest absolute Gasteiger partial charge is 1.00 e. The molecule has 2 rings (SSSR count). The molecule has 0 saturated carbocycles. The Kier molecular flexibility index (Phi) is 18.2. The van der Waals surface area contributed by atoms with E-state index in [1.165, 1.54) is 23.9 Å². The molecule has 0 heterocycles.